The average Bonchev–Trinajstić information content (AvgIpc) is 2.37. The Bertz CT molecular complexity index is 478. The fraction of sp³-hybridized carbons (Fsp3) is 0.583. The molecule has 2 rings (SSSR count). The zero-order valence-corrected chi connectivity index (χ0v) is 10.4. The molecule has 1 fully saturated rings. The van der Waals surface area contributed by atoms with Gasteiger partial charge >= 0.3 is 6.18 Å². The fourth-order valence-electron chi connectivity index (χ4n) is 2.06. The van der Waals surface area contributed by atoms with Gasteiger partial charge in [-0.3, -0.25) is 9.69 Å². The summed E-state index contributed by atoms with van der Waals surface area (Å²) in [6.45, 7) is 4.32. The van der Waals surface area contributed by atoms with Gasteiger partial charge in [-0.15, -0.1) is 0 Å². The molecule has 1 N–H and O–H groups in total. The van der Waals surface area contributed by atoms with Crippen molar-refractivity contribution in [2.75, 3.05) is 32.7 Å². The van der Waals surface area contributed by atoms with Crippen molar-refractivity contribution in [3.63, 3.8) is 0 Å². The highest BCUT2D eigenvalue weighted by molar-refractivity contribution is 5.13. The lowest BCUT2D eigenvalue weighted by atomic mass is 10.2. The van der Waals surface area contributed by atoms with Crippen molar-refractivity contribution in [1.29, 1.82) is 0 Å². The Morgan fingerprint density at radius 2 is 1.84 bits per heavy atom. The van der Waals surface area contributed by atoms with E-state index < -0.39 is 17.3 Å². The summed E-state index contributed by atoms with van der Waals surface area (Å²) >= 11 is 0. The summed E-state index contributed by atoms with van der Waals surface area (Å²) in [5, 5.41) is 3.19. The van der Waals surface area contributed by atoms with E-state index in [1.807, 2.05) is 0 Å². The van der Waals surface area contributed by atoms with Crippen molar-refractivity contribution in [3.05, 3.63) is 34.2 Å². The Labute approximate surface area is 108 Å². The molecule has 2 heterocycles. The summed E-state index contributed by atoms with van der Waals surface area (Å²) in [6.07, 6.45) is -3.52. The summed E-state index contributed by atoms with van der Waals surface area (Å²) in [4.78, 5) is 13.7. The molecular weight excluding hydrogens is 259 g/mol. The van der Waals surface area contributed by atoms with Crippen molar-refractivity contribution in [2.24, 2.45) is 0 Å². The number of hydrogen-bond donors (Lipinski definition) is 1. The lowest BCUT2D eigenvalue weighted by Crippen LogP contribution is -2.45. The zero-order valence-electron chi connectivity index (χ0n) is 10.4. The first-order valence-electron chi connectivity index (χ1n) is 6.17. The van der Waals surface area contributed by atoms with E-state index in [9.17, 15) is 18.0 Å². The average molecular weight is 275 g/mol. The summed E-state index contributed by atoms with van der Waals surface area (Å²) in [6, 6.07) is 1.80. The predicted molar refractivity (Wildman–Crippen MR) is 65.0 cm³/mol. The third kappa shape index (κ3) is 3.81. The van der Waals surface area contributed by atoms with Gasteiger partial charge in [0.15, 0.2) is 0 Å². The third-order valence-electron chi connectivity index (χ3n) is 3.18. The summed E-state index contributed by atoms with van der Waals surface area (Å²) in [7, 11) is 0. The molecule has 7 heteroatoms. The quantitative estimate of drug-likeness (QED) is 0.885. The van der Waals surface area contributed by atoms with Gasteiger partial charge in [-0.2, -0.15) is 13.2 Å². The molecule has 4 nitrogen and oxygen atoms in total. The van der Waals surface area contributed by atoms with Crippen molar-refractivity contribution in [2.45, 2.75) is 12.7 Å². The Hall–Kier alpha value is -1.34. The van der Waals surface area contributed by atoms with Crippen LogP contribution in [-0.2, 0) is 12.7 Å². The molecular formula is C12H16F3N3O. The van der Waals surface area contributed by atoms with E-state index in [-0.39, 0.29) is 6.54 Å². The van der Waals surface area contributed by atoms with E-state index in [4.69, 9.17) is 0 Å². The molecule has 1 saturated heterocycles. The van der Waals surface area contributed by atoms with E-state index in [1.54, 1.807) is 0 Å². The summed E-state index contributed by atoms with van der Waals surface area (Å²) in [5.41, 5.74) is -1.18. The molecule has 0 radical (unpaired) electrons. The maximum Gasteiger partial charge on any atom is 0.417 e. The molecule has 19 heavy (non-hydrogen) atoms. The molecule has 1 aromatic heterocycles. The minimum absolute atomic E-state index is 0.281. The normalized spacial score (nSPS) is 17.6. The Kier molecular flexibility index (Phi) is 4.26. The molecule has 1 aromatic rings. The van der Waals surface area contributed by atoms with Gasteiger partial charge in [-0.25, -0.2) is 0 Å². The van der Waals surface area contributed by atoms with Crippen LogP contribution in [0.3, 0.4) is 0 Å². The number of piperazine rings is 1. The van der Waals surface area contributed by atoms with Gasteiger partial charge in [0.05, 0.1) is 5.56 Å². The van der Waals surface area contributed by atoms with Crippen molar-refractivity contribution in [1.82, 2.24) is 14.8 Å². The largest absolute Gasteiger partial charge is 0.417 e. The van der Waals surface area contributed by atoms with Gasteiger partial charge < -0.3 is 9.88 Å². The minimum Gasteiger partial charge on any atom is -0.314 e. The van der Waals surface area contributed by atoms with Crippen LogP contribution in [0.25, 0.3) is 0 Å². The Balaban J connectivity index is 2.04. The van der Waals surface area contributed by atoms with Crippen molar-refractivity contribution in [3.8, 4) is 0 Å². The van der Waals surface area contributed by atoms with Crippen LogP contribution in [-0.4, -0.2) is 42.2 Å². The number of hydrogen-bond acceptors (Lipinski definition) is 3. The topological polar surface area (TPSA) is 37.3 Å². The second kappa shape index (κ2) is 5.75. The van der Waals surface area contributed by atoms with Crippen LogP contribution in [0, 0.1) is 0 Å². The van der Waals surface area contributed by atoms with E-state index >= 15 is 0 Å². The van der Waals surface area contributed by atoms with Crippen LogP contribution >= 0.6 is 0 Å². The van der Waals surface area contributed by atoms with E-state index in [1.165, 1.54) is 0 Å². The molecule has 1 aliphatic rings. The van der Waals surface area contributed by atoms with Crippen LogP contribution in [0.4, 0.5) is 13.2 Å². The molecule has 0 spiro atoms. The first-order chi connectivity index (χ1) is 8.97. The Morgan fingerprint density at radius 3 is 2.47 bits per heavy atom. The molecule has 0 atom stereocenters. The lowest BCUT2D eigenvalue weighted by molar-refractivity contribution is -0.138. The first kappa shape index (κ1) is 14.1. The number of aromatic nitrogens is 1. The van der Waals surface area contributed by atoms with Gasteiger partial charge in [0.25, 0.3) is 5.56 Å². The molecule has 0 aromatic carbocycles. The first-order valence-corrected chi connectivity index (χ1v) is 6.17. The minimum atomic E-state index is -4.41. The van der Waals surface area contributed by atoms with Crippen LogP contribution in [0.1, 0.15) is 5.56 Å². The maximum absolute atomic E-state index is 12.6. The standard InChI is InChI=1S/C12H16F3N3O/c13-12(14,15)10-1-2-11(19)18(9-10)8-7-17-5-3-16-4-6-17/h1-2,9,16H,3-8H2. The summed E-state index contributed by atoms with van der Waals surface area (Å²) < 4.78 is 38.8. The fourth-order valence-corrected chi connectivity index (χ4v) is 2.06. The molecule has 1 aliphatic heterocycles. The highest BCUT2D eigenvalue weighted by Crippen LogP contribution is 2.27. The van der Waals surface area contributed by atoms with Crippen molar-refractivity contribution >= 4 is 0 Å². The highest BCUT2D eigenvalue weighted by atomic mass is 19.4. The van der Waals surface area contributed by atoms with Crippen LogP contribution in [0.5, 0.6) is 0 Å². The van der Waals surface area contributed by atoms with E-state index in [0.29, 0.717) is 6.54 Å². The maximum atomic E-state index is 12.6. The summed E-state index contributed by atoms with van der Waals surface area (Å²) in [5.74, 6) is 0. The molecule has 0 amide bonds. The molecule has 0 aliphatic carbocycles. The second-order valence-corrected chi connectivity index (χ2v) is 4.54. The highest BCUT2D eigenvalue weighted by Gasteiger charge is 2.31. The number of rotatable bonds is 3. The molecule has 0 saturated carbocycles. The van der Waals surface area contributed by atoms with Gasteiger partial charge in [0, 0.05) is 51.5 Å². The number of pyridine rings is 1. The van der Waals surface area contributed by atoms with Gasteiger partial charge in [0.2, 0.25) is 0 Å². The Morgan fingerprint density at radius 1 is 1.16 bits per heavy atom. The van der Waals surface area contributed by atoms with Crippen LogP contribution in [0.15, 0.2) is 23.1 Å². The third-order valence-corrected chi connectivity index (χ3v) is 3.18. The SMILES string of the molecule is O=c1ccc(C(F)(F)F)cn1CCN1CCNCC1. The molecule has 0 unspecified atom stereocenters. The number of halogens is 3. The lowest BCUT2D eigenvalue weighted by Gasteiger charge is -2.27. The number of alkyl halides is 3. The van der Waals surface area contributed by atoms with E-state index in [2.05, 4.69) is 10.2 Å². The monoisotopic (exact) mass is 275 g/mol. The van der Waals surface area contributed by atoms with Crippen molar-refractivity contribution < 1.29 is 13.2 Å². The van der Waals surface area contributed by atoms with Crippen LogP contribution in [0.2, 0.25) is 0 Å². The smallest absolute Gasteiger partial charge is 0.314 e. The zero-order chi connectivity index (χ0) is 13.9. The number of nitrogens with zero attached hydrogens (tertiary/aromatic N) is 2. The predicted octanol–water partition coefficient (Wildman–Crippen LogP) is 0.772. The second-order valence-electron chi connectivity index (χ2n) is 4.54. The van der Waals surface area contributed by atoms with Gasteiger partial charge in [-0.1, -0.05) is 0 Å². The van der Waals surface area contributed by atoms with E-state index in [0.717, 1.165) is 49.1 Å². The van der Waals surface area contributed by atoms with Gasteiger partial charge in [-0.05, 0) is 6.07 Å². The molecule has 0 bridgehead atoms. The van der Waals surface area contributed by atoms with Crippen LogP contribution < -0.4 is 10.9 Å². The molecule has 106 valence electrons. The van der Waals surface area contributed by atoms with Gasteiger partial charge in [0.1, 0.15) is 0 Å². The number of nitrogens with one attached hydrogen (secondary N) is 1.